The molecule has 1 atom stereocenters. The molecule has 0 aliphatic heterocycles. The lowest BCUT2D eigenvalue weighted by molar-refractivity contribution is -0.161. The van der Waals surface area contributed by atoms with Crippen LogP contribution in [0.2, 0.25) is 0 Å². The highest BCUT2D eigenvalue weighted by Crippen LogP contribution is 2.17. The van der Waals surface area contributed by atoms with Crippen LogP contribution in [0.1, 0.15) is 322 Å². The largest absolute Gasteiger partial charge is 0.462 e. The number of rotatable bonds is 67. The van der Waals surface area contributed by atoms with Crippen LogP contribution in [0.4, 0.5) is 0 Å². The Bertz CT molecular complexity index is 1990. The predicted molar refractivity (Wildman–Crippen MR) is 398 cm³/mol. The Labute approximate surface area is 556 Å². The maximum atomic E-state index is 12.4. The zero-order chi connectivity index (χ0) is 64.7. The van der Waals surface area contributed by atoms with E-state index < -0.39 is 6.10 Å². The topological polar surface area (TPSA) is 72.8 Å². The maximum Gasteiger partial charge on any atom is 0.306 e. The van der Waals surface area contributed by atoms with Gasteiger partial charge in [-0.3, -0.25) is 9.59 Å². The Hall–Kier alpha value is -5.00. The van der Waals surface area contributed by atoms with E-state index >= 15 is 0 Å². The second-order valence-electron chi connectivity index (χ2n) is 24.3. The maximum absolute atomic E-state index is 12.4. The van der Waals surface area contributed by atoms with Crippen LogP contribution in [-0.2, 0) is 19.1 Å². The average Bonchev–Trinajstić information content (AvgIpc) is 3.59. The molecule has 0 aromatic rings. The third kappa shape index (κ3) is 75.5. The van der Waals surface area contributed by atoms with Crippen LogP contribution in [0.25, 0.3) is 0 Å². The molecule has 0 aromatic heterocycles. The average molecular weight is 1240 g/mol. The van der Waals surface area contributed by atoms with Gasteiger partial charge in [0.25, 0.3) is 0 Å². The van der Waals surface area contributed by atoms with E-state index in [2.05, 4.69) is 196 Å². The summed E-state index contributed by atoms with van der Waals surface area (Å²) in [5.41, 5.74) is 0. The summed E-state index contributed by atoms with van der Waals surface area (Å²) >= 11 is 0. The number of unbranched alkanes of at least 4 members (excludes halogenated alkanes) is 29. The molecule has 0 heterocycles. The molecular formula is C85H138O5. The molecule has 90 heavy (non-hydrogen) atoms. The summed E-state index contributed by atoms with van der Waals surface area (Å²) in [5.74, 6) is -0.590. The van der Waals surface area contributed by atoms with Gasteiger partial charge in [0.2, 0.25) is 0 Å². The Morgan fingerprint density at radius 3 is 0.667 bits per heavy atom. The van der Waals surface area contributed by atoms with Gasteiger partial charge in [0.05, 0.1) is 6.61 Å². The molecule has 5 nitrogen and oxygen atoms in total. The molecule has 0 aliphatic rings. The van der Waals surface area contributed by atoms with Crippen molar-refractivity contribution in [2.75, 3.05) is 13.2 Å². The van der Waals surface area contributed by atoms with Gasteiger partial charge in [-0.1, -0.05) is 357 Å². The summed E-state index contributed by atoms with van der Waals surface area (Å²) in [4.78, 5) is 24.7. The van der Waals surface area contributed by atoms with Crippen LogP contribution in [0.5, 0.6) is 0 Å². The smallest absolute Gasteiger partial charge is 0.306 e. The van der Waals surface area contributed by atoms with E-state index in [9.17, 15) is 14.7 Å². The van der Waals surface area contributed by atoms with Gasteiger partial charge in [-0.05, 0) is 135 Å². The fourth-order valence-corrected chi connectivity index (χ4v) is 10.2. The van der Waals surface area contributed by atoms with Crippen LogP contribution in [0, 0.1) is 0 Å². The molecule has 0 aromatic carbocycles. The lowest BCUT2D eigenvalue weighted by Gasteiger charge is -2.15. The number of carbonyl (C=O) groups is 2. The summed E-state index contributed by atoms with van der Waals surface area (Å²) < 4.78 is 10.8. The normalized spacial score (nSPS) is 13.3. The van der Waals surface area contributed by atoms with Gasteiger partial charge >= 0.3 is 11.9 Å². The second-order valence-corrected chi connectivity index (χ2v) is 24.3. The van der Waals surface area contributed by atoms with Gasteiger partial charge < -0.3 is 14.6 Å². The monoisotopic (exact) mass is 1240 g/mol. The number of hydrogen-bond acceptors (Lipinski definition) is 5. The molecule has 0 rings (SSSR count). The number of esters is 2. The van der Waals surface area contributed by atoms with Gasteiger partial charge in [-0.25, -0.2) is 0 Å². The zero-order valence-corrected chi connectivity index (χ0v) is 58.3. The van der Waals surface area contributed by atoms with Crippen molar-refractivity contribution in [2.24, 2.45) is 0 Å². The zero-order valence-electron chi connectivity index (χ0n) is 58.3. The molecular weight excluding hydrogens is 1100 g/mol. The van der Waals surface area contributed by atoms with E-state index in [1.165, 1.54) is 161 Å². The van der Waals surface area contributed by atoms with E-state index in [0.29, 0.717) is 12.8 Å². The Balaban J connectivity index is 3.51. The van der Waals surface area contributed by atoms with Gasteiger partial charge in [0.15, 0.2) is 6.10 Å². The SMILES string of the molecule is CC/C=C\C/C=C\C/C=C\C/C=C\C/C=C\C/C=C\C/C=C\C/C=C\CCCCCCCCCCCCCCCCC(=O)OC(CO)COC(=O)CCCCCCCCCCCCCCCCC/C=C\C/C=C\C/C=C\C/C=C\C/C=C\C/C=C\C/C=C\CC. The molecule has 508 valence electrons. The highest BCUT2D eigenvalue weighted by Gasteiger charge is 2.16. The van der Waals surface area contributed by atoms with E-state index in [-0.39, 0.29) is 25.2 Å². The number of carbonyl (C=O) groups excluding carboxylic acids is 2. The van der Waals surface area contributed by atoms with Gasteiger partial charge in [-0.15, -0.1) is 0 Å². The third-order valence-electron chi connectivity index (χ3n) is 15.7. The highest BCUT2D eigenvalue weighted by molar-refractivity contribution is 5.70. The van der Waals surface area contributed by atoms with Crippen molar-refractivity contribution in [3.8, 4) is 0 Å². The van der Waals surface area contributed by atoms with Crippen LogP contribution < -0.4 is 0 Å². The van der Waals surface area contributed by atoms with E-state index in [0.717, 1.165) is 135 Å². The molecule has 5 heteroatoms. The van der Waals surface area contributed by atoms with E-state index in [1.807, 2.05) is 0 Å². The first-order valence-electron chi connectivity index (χ1n) is 37.3. The van der Waals surface area contributed by atoms with Crippen molar-refractivity contribution in [3.05, 3.63) is 182 Å². The molecule has 0 saturated heterocycles. The summed E-state index contributed by atoms with van der Waals surface area (Å²) in [5, 5.41) is 9.72. The quantitative estimate of drug-likeness (QED) is 0.0373. The van der Waals surface area contributed by atoms with Crippen LogP contribution in [0.15, 0.2) is 182 Å². The number of allylic oxidation sites excluding steroid dienone is 30. The van der Waals surface area contributed by atoms with Crippen LogP contribution in [0.3, 0.4) is 0 Å². The van der Waals surface area contributed by atoms with Crippen molar-refractivity contribution in [1.82, 2.24) is 0 Å². The van der Waals surface area contributed by atoms with Crippen molar-refractivity contribution in [2.45, 2.75) is 328 Å². The van der Waals surface area contributed by atoms with Gasteiger partial charge in [0.1, 0.15) is 6.61 Å². The van der Waals surface area contributed by atoms with E-state index in [1.54, 1.807) is 0 Å². The lowest BCUT2D eigenvalue weighted by atomic mass is 10.0. The van der Waals surface area contributed by atoms with Crippen LogP contribution >= 0.6 is 0 Å². The molecule has 0 amide bonds. The predicted octanol–water partition coefficient (Wildman–Crippen LogP) is 26.5. The molecule has 1 unspecified atom stereocenters. The molecule has 0 fully saturated rings. The molecule has 1 N–H and O–H groups in total. The Kier molecular flexibility index (Phi) is 73.9. The molecule has 0 saturated carbocycles. The summed E-state index contributed by atoms with van der Waals surface area (Å²) in [6.45, 7) is 3.93. The summed E-state index contributed by atoms with van der Waals surface area (Å²) in [7, 11) is 0. The fraction of sp³-hybridized carbons (Fsp3) is 0.624. The summed E-state index contributed by atoms with van der Waals surface area (Å²) in [6.07, 6.45) is 122. The number of ether oxygens (including phenoxy) is 2. The van der Waals surface area contributed by atoms with E-state index in [4.69, 9.17) is 9.47 Å². The lowest BCUT2D eigenvalue weighted by Crippen LogP contribution is -2.28. The first-order valence-corrected chi connectivity index (χ1v) is 37.3. The highest BCUT2D eigenvalue weighted by atomic mass is 16.6. The minimum absolute atomic E-state index is 0.0726. The Morgan fingerprint density at radius 1 is 0.256 bits per heavy atom. The van der Waals surface area contributed by atoms with Crippen molar-refractivity contribution >= 4 is 11.9 Å². The first-order chi connectivity index (χ1) is 44.6. The van der Waals surface area contributed by atoms with Gasteiger partial charge in [-0.2, -0.15) is 0 Å². The number of hydrogen-bond donors (Lipinski definition) is 1. The fourth-order valence-electron chi connectivity index (χ4n) is 10.2. The minimum Gasteiger partial charge on any atom is -0.462 e. The summed E-state index contributed by atoms with van der Waals surface area (Å²) in [6, 6.07) is 0. The molecule has 0 spiro atoms. The van der Waals surface area contributed by atoms with Crippen molar-refractivity contribution < 1.29 is 24.2 Å². The van der Waals surface area contributed by atoms with Crippen LogP contribution in [-0.4, -0.2) is 36.4 Å². The second kappa shape index (κ2) is 78.2. The van der Waals surface area contributed by atoms with Gasteiger partial charge in [0, 0.05) is 12.8 Å². The number of aliphatic hydroxyl groups is 1. The minimum atomic E-state index is -0.784. The Morgan fingerprint density at radius 2 is 0.444 bits per heavy atom. The molecule has 0 bridgehead atoms. The van der Waals surface area contributed by atoms with Crippen molar-refractivity contribution in [3.63, 3.8) is 0 Å². The number of aliphatic hydroxyl groups excluding tert-OH is 1. The van der Waals surface area contributed by atoms with Crippen molar-refractivity contribution in [1.29, 1.82) is 0 Å². The molecule has 0 aliphatic carbocycles. The standard InChI is InChI=1S/C85H138O5/c1-3-5-7-9-11-13-15-17-19-21-23-25-27-29-31-33-35-37-39-41-42-44-46-48-50-52-54-56-58-60-62-64-66-68-70-72-74-76-78-80-85(88)90-83(81-86)82-89-84(87)79-77-75-73-71-69-67-65-63-61-59-57-55-53-51-49-47-45-43-40-38-36-34-32-30-28-26-24-22-20-18-16-14-12-10-8-6-4-2/h5-8,11-14,17-20,23-26,29-32,35-38,41-43,45-46,48,83,86H,3-4,9-10,15-16,21-22,27-28,33-34,39-40,44,47,49-82H2,1-2H3/b7-5-,8-6-,13-11-,14-12-,19-17-,20-18-,25-23-,26-24-,31-29-,32-30-,37-35-,38-36-,42-41-,45-43-,48-46-. The third-order valence-corrected chi connectivity index (χ3v) is 15.7. The first kappa shape index (κ1) is 85.0. The molecule has 0 radical (unpaired) electrons.